The number of methoxy groups -OCH3 is 2. The highest BCUT2D eigenvalue weighted by molar-refractivity contribution is 5.30. The fraction of sp³-hybridized carbons (Fsp3) is 0.333. The van der Waals surface area contributed by atoms with Gasteiger partial charge in [-0.15, -0.1) is 0 Å². The first-order chi connectivity index (χ1) is 8.63. The van der Waals surface area contributed by atoms with Gasteiger partial charge in [-0.05, 0) is 36.8 Å². The van der Waals surface area contributed by atoms with Crippen LogP contribution in [0.2, 0.25) is 0 Å². The molecule has 1 aromatic rings. The molecule has 1 aromatic carbocycles. The quantitative estimate of drug-likeness (QED) is 0.835. The van der Waals surface area contributed by atoms with Crippen molar-refractivity contribution in [2.75, 3.05) is 14.2 Å². The van der Waals surface area contributed by atoms with E-state index in [-0.39, 0.29) is 0 Å². The molecule has 3 heteroatoms. The third kappa shape index (κ3) is 8.42. The smallest absolute Gasteiger partial charge is 0.119 e. The minimum absolute atomic E-state index is 0.848. The molecule has 0 amide bonds. The molecular formula is C15H24NO2+. The minimum Gasteiger partial charge on any atom is -0.497 e. The lowest BCUT2D eigenvalue weighted by Crippen LogP contribution is -2.45. The van der Waals surface area contributed by atoms with Crippen molar-refractivity contribution in [2.24, 2.45) is 0 Å². The summed E-state index contributed by atoms with van der Waals surface area (Å²) >= 11 is 0. The van der Waals surface area contributed by atoms with E-state index in [1.807, 2.05) is 43.3 Å². The summed E-state index contributed by atoms with van der Waals surface area (Å²) in [6, 6.07) is 7.44. The summed E-state index contributed by atoms with van der Waals surface area (Å²) < 4.78 is 9.92. The van der Waals surface area contributed by atoms with Crippen molar-refractivity contribution in [1.29, 1.82) is 0 Å². The zero-order chi connectivity index (χ0) is 13.8. The molecular weight excluding hydrogens is 226 g/mol. The van der Waals surface area contributed by atoms with Crippen LogP contribution in [0.5, 0.6) is 11.5 Å². The Hall–Kier alpha value is -1.74. The van der Waals surface area contributed by atoms with Crippen molar-refractivity contribution >= 4 is 0 Å². The van der Waals surface area contributed by atoms with E-state index in [4.69, 9.17) is 9.47 Å². The van der Waals surface area contributed by atoms with Crippen LogP contribution >= 0.6 is 0 Å². The maximum absolute atomic E-state index is 4.96. The molecule has 0 unspecified atom stereocenters. The fourth-order valence-corrected chi connectivity index (χ4v) is 1.08. The highest BCUT2D eigenvalue weighted by Crippen LogP contribution is 2.15. The summed E-state index contributed by atoms with van der Waals surface area (Å²) in [5, 5.41) is 0. The molecule has 1 rings (SSSR count). The van der Waals surface area contributed by atoms with Crippen molar-refractivity contribution in [3.05, 3.63) is 48.2 Å². The molecule has 0 bridgehead atoms. The summed E-state index contributed by atoms with van der Waals surface area (Å²) in [5.41, 5.74) is 4.83. The average molecular weight is 250 g/mol. The molecule has 3 nitrogen and oxygen atoms in total. The predicted molar refractivity (Wildman–Crippen MR) is 75.6 cm³/mol. The summed E-state index contributed by atoms with van der Waals surface area (Å²) in [7, 11) is 3.28. The molecule has 3 N–H and O–H groups in total. The van der Waals surface area contributed by atoms with Crippen LogP contribution < -0.4 is 15.2 Å². The number of benzene rings is 1. The van der Waals surface area contributed by atoms with Crippen LogP contribution in [-0.2, 0) is 0 Å². The molecule has 0 fully saturated rings. The van der Waals surface area contributed by atoms with Crippen LogP contribution in [0.15, 0.2) is 48.2 Å². The van der Waals surface area contributed by atoms with E-state index in [1.165, 1.54) is 0 Å². The predicted octanol–water partition coefficient (Wildman–Crippen LogP) is 2.80. The molecule has 0 aliphatic heterocycles. The Balaban J connectivity index is 0.000000331. The van der Waals surface area contributed by atoms with Gasteiger partial charge in [0.1, 0.15) is 17.2 Å². The Labute approximate surface area is 110 Å². The number of quaternary nitrogens is 1. The number of rotatable bonds is 4. The van der Waals surface area contributed by atoms with Crippen LogP contribution in [-0.4, -0.2) is 14.2 Å². The fourth-order valence-electron chi connectivity index (χ4n) is 1.08. The molecule has 0 aliphatic carbocycles. The van der Waals surface area contributed by atoms with Gasteiger partial charge in [0.05, 0.1) is 14.2 Å². The van der Waals surface area contributed by atoms with E-state index in [9.17, 15) is 0 Å². The van der Waals surface area contributed by atoms with Crippen molar-refractivity contribution in [2.45, 2.75) is 20.3 Å². The number of allylic oxidation sites excluding steroid dienone is 4. The van der Waals surface area contributed by atoms with Gasteiger partial charge < -0.3 is 15.2 Å². The van der Waals surface area contributed by atoms with E-state index in [1.54, 1.807) is 14.2 Å². The van der Waals surface area contributed by atoms with Gasteiger partial charge in [-0.25, -0.2) is 0 Å². The third-order valence-electron chi connectivity index (χ3n) is 2.05. The molecule has 0 aliphatic rings. The van der Waals surface area contributed by atoms with Gasteiger partial charge in [0.2, 0.25) is 0 Å². The van der Waals surface area contributed by atoms with Gasteiger partial charge in [0.25, 0.3) is 0 Å². The Morgan fingerprint density at radius 3 is 1.83 bits per heavy atom. The average Bonchev–Trinajstić information content (AvgIpc) is 2.39. The van der Waals surface area contributed by atoms with Crippen molar-refractivity contribution in [1.82, 2.24) is 0 Å². The van der Waals surface area contributed by atoms with Gasteiger partial charge in [0.15, 0.2) is 0 Å². The molecule has 0 spiro atoms. The Morgan fingerprint density at radius 2 is 1.56 bits per heavy atom. The zero-order valence-corrected chi connectivity index (χ0v) is 11.8. The highest BCUT2D eigenvalue weighted by atomic mass is 16.5. The Morgan fingerprint density at radius 1 is 1.11 bits per heavy atom. The van der Waals surface area contributed by atoms with E-state index in [0.29, 0.717) is 0 Å². The second-order valence-electron chi connectivity index (χ2n) is 3.73. The molecule has 100 valence electrons. The summed E-state index contributed by atoms with van der Waals surface area (Å²) in [5.74, 6) is 1.70. The third-order valence-corrected chi connectivity index (χ3v) is 2.05. The maximum Gasteiger partial charge on any atom is 0.119 e. The Kier molecular flexibility index (Phi) is 9.41. The highest BCUT2D eigenvalue weighted by Gasteiger charge is 1.89. The molecule has 0 atom stereocenters. The topological polar surface area (TPSA) is 46.1 Å². The lowest BCUT2D eigenvalue weighted by Gasteiger charge is -2.00. The van der Waals surface area contributed by atoms with Gasteiger partial charge in [-0.1, -0.05) is 19.1 Å². The maximum atomic E-state index is 4.96. The first kappa shape index (κ1) is 16.3. The van der Waals surface area contributed by atoms with E-state index >= 15 is 0 Å². The second-order valence-corrected chi connectivity index (χ2v) is 3.73. The normalized spacial score (nSPS) is 10.8. The Bertz CT molecular complexity index is 340. The standard InChI is InChI=1S/C8H10O2.C7H13N/c1-9-7-3-5-8(10-2)6-4-7;1-3-4-5-6-7(2)8/h3-6H,1-2H3;4-6H,3,8H2,1-2H3/p+1/b;5-4-,7-6-. The largest absolute Gasteiger partial charge is 0.497 e. The summed E-state index contributed by atoms with van der Waals surface area (Å²) in [4.78, 5) is 0. The number of hydrogen-bond donors (Lipinski definition) is 1. The monoisotopic (exact) mass is 250 g/mol. The van der Waals surface area contributed by atoms with Crippen LogP contribution in [0.3, 0.4) is 0 Å². The van der Waals surface area contributed by atoms with E-state index in [2.05, 4.69) is 18.7 Å². The molecule has 0 radical (unpaired) electrons. The molecule has 0 aromatic heterocycles. The SMILES string of the molecule is CC/C=C\C=C(\C)[NH3+].COc1ccc(OC)cc1. The van der Waals surface area contributed by atoms with Gasteiger partial charge >= 0.3 is 0 Å². The number of hydrogen-bond acceptors (Lipinski definition) is 2. The van der Waals surface area contributed by atoms with Crippen molar-refractivity contribution in [3.8, 4) is 11.5 Å². The lowest BCUT2D eigenvalue weighted by atomic mass is 10.3. The lowest BCUT2D eigenvalue weighted by molar-refractivity contribution is -0.301. The first-order valence-corrected chi connectivity index (χ1v) is 5.97. The molecule has 0 saturated carbocycles. The molecule has 18 heavy (non-hydrogen) atoms. The van der Waals surface area contributed by atoms with Crippen LogP contribution in [0, 0.1) is 0 Å². The van der Waals surface area contributed by atoms with E-state index < -0.39 is 0 Å². The summed E-state index contributed by atoms with van der Waals surface area (Å²) in [6.45, 7) is 4.10. The van der Waals surface area contributed by atoms with Gasteiger partial charge in [0, 0.05) is 6.92 Å². The number of ether oxygens (including phenoxy) is 2. The summed E-state index contributed by atoms with van der Waals surface area (Å²) in [6.07, 6.45) is 7.24. The zero-order valence-electron chi connectivity index (χ0n) is 11.8. The molecule has 0 saturated heterocycles. The second kappa shape index (κ2) is 10.4. The van der Waals surface area contributed by atoms with Gasteiger partial charge in [-0.3, -0.25) is 0 Å². The first-order valence-electron chi connectivity index (χ1n) is 5.97. The van der Waals surface area contributed by atoms with Crippen molar-refractivity contribution in [3.63, 3.8) is 0 Å². The van der Waals surface area contributed by atoms with Crippen LogP contribution in [0.1, 0.15) is 20.3 Å². The van der Waals surface area contributed by atoms with E-state index in [0.717, 1.165) is 23.6 Å². The van der Waals surface area contributed by atoms with Gasteiger partial charge in [-0.2, -0.15) is 0 Å². The molecule has 0 heterocycles. The van der Waals surface area contributed by atoms with Crippen LogP contribution in [0.4, 0.5) is 0 Å². The minimum atomic E-state index is 0.848. The van der Waals surface area contributed by atoms with Crippen molar-refractivity contribution < 1.29 is 15.2 Å². The van der Waals surface area contributed by atoms with Crippen LogP contribution in [0.25, 0.3) is 0 Å².